The molecule has 1 nitrogen and oxygen atoms in total. The van der Waals surface area contributed by atoms with Gasteiger partial charge in [0, 0.05) is 15.4 Å². The smallest absolute Gasteiger partial charge is 0.210 e. The van der Waals surface area contributed by atoms with E-state index in [0.29, 0.717) is 0 Å². The van der Waals surface area contributed by atoms with Crippen LogP contribution in [-0.4, -0.2) is 11.4 Å². The molecule has 22 heavy (non-hydrogen) atoms. The van der Waals surface area contributed by atoms with Gasteiger partial charge in [0.1, 0.15) is 0 Å². The summed E-state index contributed by atoms with van der Waals surface area (Å²) in [6.07, 6.45) is 2.09. The molecule has 0 aliphatic heterocycles. The fourth-order valence-corrected chi connectivity index (χ4v) is 5.26. The summed E-state index contributed by atoms with van der Waals surface area (Å²) in [6.45, 7) is 0. The van der Waals surface area contributed by atoms with E-state index in [4.69, 9.17) is 0 Å². The lowest BCUT2D eigenvalue weighted by molar-refractivity contribution is 0.108. The second kappa shape index (κ2) is 6.20. The molecular weight excluding hydrogens is 288 g/mol. The summed E-state index contributed by atoms with van der Waals surface area (Å²) in [6, 6.07) is 29.8. The van der Waals surface area contributed by atoms with E-state index in [1.165, 1.54) is 0 Å². The van der Waals surface area contributed by atoms with E-state index in [1.807, 2.05) is 66.7 Å². The summed E-state index contributed by atoms with van der Waals surface area (Å²) in [5.74, 6) is 0. The largest absolute Gasteiger partial charge is 0.283 e. The number of hydrogen-bond acceptors (Lipinski definition) is 1. The monoisotopic (exact) mass is 306 g/mol. The first-order valence-electron chi connectivity index (χ1n) is 7.21. The first kappa shape index (κ1) is 14.6. The summed E-state index contributed by atoms with van der Waals surface area (Å²) >= 11 is 0. The maximum absolute atomic E-state index is 13.3. The van der Waals surface area contributed by atoms with E-state index >= 15 is 0 Å². The Morgan fingerprint density at radius 2 is 1.00 bits per heavy atom. The summed E-state index contributed by atoms with van der Waals surface area (Å²) in [7, 11) is -1.77. The molecule has 0 aliphatic rings. The third kappa shape index (κ3) is 2.58. The van der Waals surface area contributed by atoms with Gasteiger partial charge in [-0.2, -0.15) is 0 Å². The Morgan fingerprint density at radius 3 is 1.41 bits per heavy atom. The van der Waals surface area contributed by atoms with Gasteiger partial charge >= 0.3 is 0 Å². The molecule has 3 aromatic rings. The molecule has 0 unspecified atom stereocenters. The zero-order valence-electron chi connectivity index (χ0n) is 12.5. The highest BCUT2D eigenvalue weighted by Gasteiger charge is 2.32. The van der Waals surface area contributed by atoms with Gasteiger partial charge in [-0.15, -0.1) is 10.0 Å². The predicted molar refractivity (Wildman–Crippen MR) is 93.7 cm³/mol. The molecular formula is C20H18OS. The van der Waals surface area contributed by atoms with Crippen LogP contribution in [0.15, 0.2) is 101 Å². The lowest BCUT2D eigenvalue weighted by Gasteiger charge is -2.35. The van der Waals surface area contributed by atoms with Crippen LogP contribution in [0.5, 0.6) is 0 Å². The van der Waals surface area contributed by atoms with Gasteiger partial charge in [-0.25, -0.2) is 0 Å². The van der Waals surface area contributed by atoms with Gasteiger partial charge in [0.05, 0.1) is 0 Å². The van der Waals surface area contributed by atoms with Crippen molar-refractivity contribution in [3.63, 3.8) is 0 Å². The van der Waals surface area contributed by atoms with Crippen molar-refractivity contribution in [1.29, 1.82) is 0 Å². The summed E-state index contributed by atoms with van der Waals surface area (Å²) in [5.41, 5.74) is 0.771. The number of carbonyl (C=O) groups is 1. The molecule has 0 N–H and O–H groups in total. The first-order valence-corrected chi connectivity index (χ1v) is 9.25. The maximum atomic E-state index is 13.3. The number of rotatable bonds is 3. The van der Waals surface area contributed by atoms with Crippen molar-refractivity contribution in [2.24, 2.45) is 0 Å². The summed E-state index contributed by atoms with van der Waals surface area (Å²) in [4.78, 5) is 15.5. The highest BCUT2D eigenvalue weighted by atomic mass is 32.3. The zero-order chi connectivity index (χ0) is 15.4. The third-order valence-electron chi connectivity index (χ3n) is 3.81. The second-order valence-electron chi connectivity index (χ2n) is 5.20. The molecule has 0 atom stereocenters. The minimum absolute atomic E-state index is 0.200. The Balaban J connectivity index is 2.18. The van der Waals surface area contributed by atoms with Gasteiger partial charge < -0.3 is 0 Å². The molecule has 0 heterocycles. The van der Waals surface area contributed by atoms with E-state index in [-0.39, 0.29) is 5.12 Å². The van der Waals surface area contributed by atoms with Gasteiger partial charge in [-0.05, 0) is 30.5 Å². The topological polar surface area (TPSA) is 17.1 Å². The van der Waals surface area contributed by atoms with E-state index in [1.54, 1.807) is 0 Å². The molecule has 3 aromatic carbocycles. The average molecular weight is 306 g/mol. The van der Waals surface area contributed by atoms with E-state index < -0.39 is 10.0 Å². The summed E-state index contributed by atoms with van der Waals surface area (Å²) < 4.78 is 0. The quantitative estimate of drug-likeness (QED) is 0.635. The number of hydrogen-bond donors (Lipinski definition) is 0. The normalized spacial score (nSPS) is 11.9. The van der Waals surface area contributed by atoms with E-state index in [2.05, 4.69) is 30.5 Å². The minimum atomic E-state index is -1.77. The standard InChI is InChI=1S/C20H18OS/c1-22(18-13-7-3-8-14-18,19-15-9-4-10-16-19)20(21)17-11-5-2-6-12-17/h2-16H,1H3. The van der Waals surface area contributed by atoms with Crippen LogP contribution < -0.4 is 0 Å². The van der Waals surface area contributed by atoms with Crippen LogP contribution in [0.4, 0.5) is 0 Å². The van der Waals surface area contributed by atoms with Crippen LogP contribution in [0.25, 0.3) is 0 Å². The first-order chi connectivity index (χ1) is 10.7. The fraction of sp³-hybridized carbons (Fsp3) is 0.0500. The van der Waals surface area contributed by atoms with Gasteiger partial charge in [-0.3, -0.25) is 4.79 Å². The van der Waals surface area contributed by atoms with Crippen molar-refractivity contribution in [3.05, 3.63) is 96.6 Å². The van der Waals surface area contributed by atoms with Gasteiger partial charge in [-0.1, -0.05) is 66.7 Å². The highest BCUT2D eigenvalue weighted by molar-refractivity contribution is 8.45. The van der Waals surface area contributed by atoms with Gasteiger partial charge in [0.2, 0.25) is 5.12 Å². The molecule has 0 amide bonds. The Bertz CT molecular complexity index is 712. The Kier molecular flexibility index (Phi) is 4.12. The zero-order valence-corrected chi connectivity index (χ0v) is 13.3. The van der Waals surface area contributed by atoms with Gasteiger partial charge in [0.15, 0.2) is 0 Å². The SMILES string of the molecule is CS(C(=O)c1ccccc1)(c1ccccc1)c1ccccc1. The second-order valence-corrected chi connectivity index (χ2v) is 8.35. The Labute approximate surface area is 132 Å². The molecule has 0 fully saturated rings. The van der Waals surface area contributed by atoms with Crippen LogP contribution in [0.2, 0.25) is 0 Å². The van der Waals surface area contributed by atoms with Crippen molar-refractivity contribution in [1.82, 2.24) is 0 Å². The van der Waals surface area contributed by atoms with Crippen LogP contribution in [0.1, 0.15) is 10.4 Å². The molecule has 110 valence electrons. The molecule has 0 aliphatic carbocycles. The third-order valence-corrected chi connectivity index (χ3v) is 7.22. The van der Waals surface area contributed by atoms with Crippen LogP contribution in [0, 0.1) is 0 Å². The van der Waals surface area contributed by atoms with E-state index in [0.717, 1.165) is 15.4 Å². The van der Waals surface area contributed by atoms with Crippen LogP contribution >= 0.6 is 10.0 Å². The molecule has 0 saturated heterocycles. The molecule has 0 bridgehead atoms. The predicted octanol–water partition coefficient (Wildman–Crippen LogP) is 5.38. The molecule has 0 spiro atoms. The molecule has 0 saturated carbocycles. The van der Waals surface area contributed by atoms with Crippen molar-refractivity contribution in [2.45, 2.75) is 9.79 Å². The Hall–Kier alpha value is -2.32. The minimum Gasteiger partial charge on any atom is -0.283 e. The number of carbonyl (C=O) groups excluding carboxylic acids is 1. The van der Waals surface area contributed by atoms with Crippen LogP contribution in [-0.2, 0) is 0 Å². The lowest BCUT2D eigenvalue weighted by atomic mass is 10.2. The Morgan fingerprint density at radius 1 is 0.636 bits per heavy atom. The van der Waals surface area contributed by atoms with Crippen molar-refractivity contribution in [3.8, 4) is 0 Å². The summed E-state index contributed by atoms with van der Waals surface area (Å²) in [5, 5.41) is 0.200. The molecule has 0 radical (unpaired) electrons. The van der Waals surface area contributed by atoms with Crippen molar-refractivity contribution in [2.75, 3.05) is 6.26 Å². The van der Waals surface area contributed by atoms with Crippen molar-refractivity contribution >= 4 is 15.1 Å². The van der Waals surface area contributed by atoms with Crippen LogP contribution in [0.3, 0.4) is 0 Å². The average Bonchev–Trinajstić information content (AvgIpc) is 2.62. The molecule has 2 heteroatoms. The highest BCUT2D eigenvalue weighted by Crippen LogP contribution is 2.61. The maximum Gasteiger partial charge on any atom is 0.210 e. The lowest BCUT2D eigenvalue weighted by Crippen LogP contribution is -2.13. The molecule has 0 aromatic heterocycles. The van der Waals surface area contributed by atoms with Gasteiger partial charge in [0.25, 0.3) is 0 Å². The molecule has 3 rings (SSSR count). The van der Waals surface area contributed by atoms with Crippen molar-refractivity contribution < 1.29 is 4.79 Å². The number of benzene rings is 3. The fourth-order valence-electron chi connectivity index (χ4n) is 2.55. The van der Waals surface area contributed by atoms with E-state index in [9.17, 15) is 4.79 Å².